The smallest absolute Gasteiger partial charge is 0.341 e. The SMILES string of the molecule is CCOc1cc(C(=O)N2CCOCC2CC)ccc1OCC(=O)O. The van der Waals surface area contributed by atoms with Gasteiger partial charge < -0.3 is 24.2 Å². The highest BCUT2D eigenvalue weighted by atomic mass is 16.5. The van der Waals surface area contributed by atoms with Crippen molar-refractivity contribution in [2.24, 2.45) is 0 Å². The Balaban J connectivity index is 2.21. The minimum atomic E-state index is -1.07. The van der Waals surface area contributed by atoms with E-state index >= 15 is 0 Å². The zero-order valence-corrected chi connectivity index (χ0v) is 14.0. The van der Waals surface area contributed by atoms with Crippen LogP contribution in [0.4, 0.5) is 0 Å². The van der Waals surface area contributed by atoms with Crippen LogP contribution in [0.1, 0.15) is 30.6 Å². The highest BCUT2D eigenvalue weighted by Gasteiger charge is 2.27. The third-order valence-corrected chi connectivity index (χ3v) is 3.80. The molecule has 1 amide bonds. The predicted molar refractivity (Wildman–Crippen MR) is 86.7 cm³/mol. The molecule has 2 rings (SSSR count). The molecule has 132 valence electrons. The van der Waals surface area contributed by atoms with Crippen molar-refractivity contribution in [1.29, 1.82) is 0 Å². The van der Waals surface area contributed by atoms with Gasteiger partial charge in [-0.05, 0) is 31.5 Å². The topological polar surface area (TPSA) is 85.3 Å². The summed E-state index contributed by atoms with van der Waals surface area (Å²) in [5, 5.41) is 8.73. The number of hydrogen-bond donors (Lipinski definition) is 1. The molecule has 0 radical (unpaired) electrons. The molecule has 1 heterocycles. The molecule has 0 spiro atoms. The molecule has 0 saturated carbocycles. The van der Waals surface area contributed by atoms with Crippen molar-refractivity contribution in [1.82, 2.24) is 4.90 Å². The predicted octanol–water partition coefficient (Wildman–Crippen LogP) is 1.80. The standard InChI is InChI=1S/C17H23NO6/c1-3-13-10-22-8-7-18(13)17(21)12-5-6-14(24-11-16(19)20)15(9-12)23-4-2/h5-6,9,13H,3-4,7-8,10-11H2,1-2H3,(H,19,20). The van der Waals surface area contributed by atoms with Crippen LogP contribution in [0.25, 0.3) is 0 Å². The molecule has 7 heteroatoms. The lowest BCUT2D eigenvalue weighted by Crippen LogP contribution is -2.48. The van der Waals surface area contributed by atoms with Gasteiger partial charge in [0.25, 0.3) is 5.91 Å². The van der Waals surface area contributed by atoms with Crippen molar-refractivity contribution in [2.45, 2.75) is 26.3 Å². The van der Waals surface area contributed by atoms with Gasteiger partial charge in [-0.2, -0.15) is 0 Å². The number of morpholine rings is 1. The maximum atomic E-state index is 12.8. The summed E-state index contributed by atoms with van der Waals surface area (Å²) in [5.74, 6) is -0.483. The first-order valence-corrected chi connectivity index (χ1v) is 8.07. The molecule has 1 atom stereocenters. The Bertz CT molecular complexity index is 588. The first-order chi connectivity index (χ1) is 11.6. The molecule has 7 nitrogen and oxygen atoms in total. The number of hydrogen-bond acceptors (Lipinski definition) is 5. The van der Waals surface area contributed by atoms with Crippen LogP contribution in [-0.4, -0.2) is 60.9 Å². The Morgan fingerprint density at radius 3 is 2.75 bits per heavy atom. The Hall–Kier alpha value is -2.28. The molecule has 0 aliphatic carbocycles. The van der Waals surface area contributed by atoms with Crippen molar-refractivity contribution in [3.63, 3.8) is 0 Å². The Morgan fingerprint density at radius 2 is 2.08 bits per heavy atom. The summed E-state index contributed by atoms with van der Waals surface area (Å²) in [6.45, 7) is 5.38. The number of benzene rings is 1. The Labute approximate surface area is 141 Å². The number of carboxylic acids is 1. The molecule has 1 N–H and O–H groups in total. The van der Waals surface area contributed by atoms with Gasteiger partial charge in [0.2, 0.25) is 0 Å². The van der Waals surface area contributed by atoms with E-state index in [1.807, 2.05) is 18.7 Å². The highest BCUT2D eigenvalue weighted by molar-refractivity contribution is 5.95. The summed E-state index contributed by atoms with van der Waals surface area (Å²) in [7, 11) is 0. The second-order valence-electron chi connectivity index (χ2n) is 5.41. The molecular weight excluding hydrogens is 314 g/mol. The molecule has 0 bridgehead atoms. The third kappa shape index (κ3) is 4.38. The van der Waals surface area contributed by atoms with Crippen molar-refractivity contribution < 1.29 is 28.9 Å². The number of carbonyl (C=O) groups is 2. The number of amides is 1. The fraction of sp³-hybridized carbons (Fsp3) is 0.529. The van der Waals surface area contributed by atoms with Gasteiger partial charge in [-0.3, -0.25) is 4.79 Å². The van der Waals surface area contributed by atoms with E-state index in [-0.39, 0.29) is 11.9 Å². The van der Waals surface area contributed by atoms with E-state index in [1.165, 1.54) is 0 Å². The molecule has 1 aromatic carbocycles. The number of ether oxygens (including phenoxy) is 3. The van der Waals surface area contributed by atoms with E-state index in [2.05, 4.69) is 0 Å². The van der Waals surface area contributed by atoms with Gasteiger partial charge in [0.05, 0.1) is 25.9 Å². The number of aliphatic carboxylic acids is 1. The van der Waals surface area contributed by atoms with Crippen LogP contribution < -0.4 is 9.47 Å². The van der Waals surface area contributed by atoms with Crippen LogP contribution in [0, 0.1) is 0 Å². The Morgan fingerprint density at radius 1 is 1.29 bits per heavy atom. The molecule has 1 saturated heterocycles. The minimum absolute atomic E-state index is 0.0599. The molecule has 1 aromatic rings. The fourth-order valence-corrected chi connectivity index (χ4v) is 2.59. The van der Waals surface area contributed by atoms with Gasteiger partial charge in [-0.1, -0.05) is 6.92 Å². The first kappa shape index (κ1) is 18.1. The second kappa shape index (κ2) is 8.54. The maximum absolute atomic E-state index is 12.8. The number of carbonyl (C=O) groups excluding carboxylic acids is 1. The third-order valence-electron chi connectivity index (χ3n) is 3.80. The zero-order valence-electron chi connectivity index (χ0n) is 14.0. The molecule has 1 aliphatic rings. The number of nitrogens with zero attached hydrogens (tertiary/aromatic N) is 1. The monoisotopic (exact) mass is 337 g/mol. The van der Waals surface area contributed by atoms with Crippen LogP contribution in [0.3, 0.4) is 0 Å². The van der Waals surface area contributed by atoms with Crippen molar-refractivity contribution in [3.8, 4) is 11.5 Å². The van der Waals surface area contributed by atoms with Gasteiger partial charge in [0.1, 0.15) is 0 Å². The van der Waals surface area contributed by atoms with Crippen molar-refractivity contribution >= 4 is 11.9 Å². The van der Waals surface area contributed by atoms with E-state index in [1.54, 1.807) is 18.2 Å². The van der Waals surface area contributed by atoms with Crippen molar-refractivity contribution in [2.75, 3.05) is 33.0 Å². The molecule has 1 aliphatic heterocycles. The summed E-state index contributed by atoms with van der Waals surface area (Å²) >= 11 is 0. The van der Waals surface area contributed by atoms with Gasteiger partial charge in [-0.15, -0.1) is 0 Å². The molecule has 1 fully saturated rings. The quantitative estimate of drug-likeness (QED) is 0.816. The summed E-state index contributed by atoms with van der Waals surface area (Å²) in [5.41, 5.74) is 0.487. The van der Waals surface area contributed by atoms with Gasteiger partial charge in [0.15, 0.2) is 18.1 Å². The summed E-state index contributed by atoms with van der Waals surface area (Å²) < 4.78 is 16.1. The summed E-state index contributed by atoms with van der Waals surface area (Å²) in [4.78, 5) is 25.2. The minimum Gasteiger partial charge on any atom is -0.490 e. The second-order valence-corrected chi connectivity index (χ2v) is 5.41. The lowest BCUT2D eigenvalue weighted by molar-refractivity contribution is -0.139. The van der Waals surface area contributed by atoms with Crippen molar-refractivity contribution in [3.05, 3.63) is 23.8 Å². The van der Waals surface area contributed by atoms with Crippen LogP contribution in [0.5, 0.6) is 11.5 Å². The molecular formula is C17H23NO6. The number of rotatable bonds is 7. The molecule has 1 unspecified atom stereocenters. The van der Waals surface area contributed by atoms with Gasteiger partial charge in [-0.25, -0.2) is 4.79 Å². The normalized spacial score (nSPS) is 17.4. The average Bonchev–Trinajstić information content (AvgIpc) is 2.60. The summed E-state index contributed by atoms with van der Waals surface area (Å²) in [6.07, 6.45) is 0.823. The van der Waals surface area contributed by atoms with E-state index in [0.29, 0.717) is 43.4 Å². The molecule has 24 heavy (non-hydrogen) atoms. The van der Waals surface area contributed by atoms with E-state index in [9.17, 15) is 9.59 Å². The number of carboxylic acid groups (broad SMARTS) is 1. The lowest BCUT2D eigenvalue weighted by Gasteiger charge is -2.35. The maximum Gasteiger partial charge on any atom is 0.341 e. The lowest BCUT2D eigenvalue weighted by atomic mass is 10.1. The summed E-state index contributed by atoms with van der Waals surface area (Å²) in [6, 6.07) is 4.86. The Kier molecular flexibility index (Phi) is 6.43. The first-order valence-electron chi connectivity index (χ1n) is 8.07. The fourth-order valence-electron chi connectivity index (χ4n) is 2.59. The van der Waals surface area contributed by atoms with Gasteiger partial charge >= 0.3 is 5.97 Å². The highest BCUT2D eigenvalue weighted by Crippen LogP contribution is 2.29. The average molecular weight is 337 g/mol. The largest absolute Gasteiger partial charge is 0.490 e. The van der Waals surface area contributed by atoms with E-state index in [4.69, 9.17) is 19.3 Å². The van der Waals surface area contributed by atoms with Gasteiger partial charge in [0, 0.05) is 12.1 Å². The van der Waals surface area contributed by atoms with Crippen LogP contribution >= 0.6 is 0 Å². The zero-order chi connectivity index (χ0) is 17.5. The molecule has 0 aromatic heterocycles. The van der Waals surface area contributed by atoms with Crippen LogP contribution in [-0.2, 0) is 9.53 Å². The van der Waals surface area contributed by atoms with E-state index < -0.39 is 12.6 Å². The van der Waals surface area contributed by atoms with Crippen LogP contribution in [0.15, 0.2) is 18.2 Å². The van der Waals surface area contributed by atoms with Crippen LogP contribution in [0.2, 0.25) is 0 Å². The van der Waals surface area contributed by atoms with E-state index in [0.717, 1.165) is 6.42 Å².